The highest BCUT2D eigenvalue weighted by Crippen LogP contribution is 2.41. The van der Waals surface area contributed by atoms with E-state index in [0.29, 0.717) is 59.9 Å². The molecular formula is C27H20Br2Cl3N3O3. The number of benzene rings is 2. The molecule has 2 heterocycles. The third-order valence-electron chi connectivity index (χ3n) is 5.50. The number of halogens is 5. The lowest BCUT2D eigenvalue weighted by Gasteiger charge is -2.15. The molecule has 0 aliphatic heterocycles. The van der Waals surface area contributed by atoms with Crippen molar-refractivity contribution in [3.63, 3.8) is 0 Å². The Bertz CT molecular complexity index is 1470. The number of hydrogen-bond donors (Lipinski definition) is 1. The fraction of sp³-hybridized carbons (Fsp3) is 0.148. The Kier molecular flexibility index (Phi) is 9.90. The van der Waals surface area contributed by atoms with Gasteiger partial charge >= 0.3 is 0 Å². The molecule has 11 heteroatoms. The minimum absolute atomic E-state index is 0.0750. The molecule has 0 spiro atoms. The van der Waals surface area contributed by atoms with Crippen LogP contribution in [0.4, 0.5) is 5.69 Å². The largest absolute Gasteiger partial charge is 0.486 e. The molecule has 0 aliphatic carbocycles. The molecule has 4 rings (SSSR count). The summed E-state index contributed by atoms with van der Waals surface area (Å²) in [6, 6.07) is 15.9. The topological polar surface area (TPSA) is 73.3 Å². The third-order valence-corrected chi connectivity index (χ3v) is 7.88. The van der Waals surface area contributed by atoms with Crippen molar-refractivity contribution < 1.29 is 14.3 Å². The second kappa shape index (κ2) is 13.1. The molecule has 0 radical (unpaired) electrons. The number of nitrogens with one attached hydrogen (secondary N) is 1. The molecule has 2 aromatic heterocycles. The first-order valence-electron chi connectivity index (χ1n) is 11.2. The first-order valence-corrected chi connectivity index (χ1v) is 14.5. The summed E-state index contributed by atoms with van der Waals surface area (Å²) in [7, 11) is 1.55. The van der Waals surface area contributed by atoms with Crippen molar-refractivity contribution in [2.75, 3.05) is 12.4 Å². The van der Waals surface area contributed by atoms with E-state index in [-0.39, 0.29) is 18.2 Å². The van der Waals surface area contributed by atoms with Crippen LogP contribution >= 0.6 is 66.7 Å². The minimum atomic E-state index is -0.376. The summed E-state index contributed by atoms with van der Waals surface area (Å²) >= 11 is 26.6. The first-order chi connectivity index (χ1) is 18.4. The van der Waals surface area contributed by atoms with Gasteiger partial charge in [0.25, 0.3) is 5.91 Å². The summed E-state index contributed by atoms with van der Waals surface area (Å²) in [6.45, 7) is 0.0750. The lowest BCUT2D eigenvalue weighted by atomic mass is 10.0. The molecule has 196 valence electrons. The van der Waals surface area contributed by atoms with Gasteiger partial charge in [0.2, 0.25) is 5.88 Å². The van der Waals surface area contributed by atoms with Crippen molar-refractivity contribution in [2.45, 2.75) is 17.3 Å². The molecule has 1 amide bonds. The SMILES string of the molecule is COc1nc(COc2cccc(-c3cccc(NC(=O)c4ccc(CBr)cn4)c3Cl)c2Cl)c(Cl)cc1CBr. The van der Waals surface area contributed by atoms with Crippen LogP contribution in [0.1, 0.15) is 27.3 Å². The predicted molar refractivity (Wildman–Crippen MR) is 159 cm³/mol. The van der Waals surface area contributed by atoms with Gasteiger partial charge in [-0.05, 0) is 29.8 Å². The van der Waals surface area contributed by atoms with Crippen LogP contribution in [0.25, 0.3) is 11.1 Å². The van der Waals surface area contributed by atoms with E-state index in [9.17, 15) is 4.79 Å². The molecule has 2 aromatic carbocycles. The summed E-state index contributed by atoms with van der Waals surface area (Å²) in [5.41, 5.74) is 4.27. The van der Waals surface area contributed by atoms with Crippen molar-refractivity contribution in [3.05, 3.63) is 98.4 Å². The average Bonchev–Trinajstić information content (AvgIpc) is 2.94. The van der Waals surface area contributed by atoms with Crippen LogP contribution in [0.5, 0.6) is 11.6 Å². The maximum atomic E-state index is 12.7. The first kappa shape index (κ1) is 28.6. The molecule has 0 saturated carbocycles. The number of pyridine rings is 2. The smallest absolute Gasteiger partial charge is 0.274 e. The number of alkyl halides is 2. The maximum absolute atomic E-state index is 12.7. The highest BCUT2D eigenvalue weighted by atomic mass is 79.9. The zero-order valence-electron chi connectivity index (χ0n) is 19.9. The lowest BCUT2D eigenvalue weighted by molar-refractivity contribution is 0.102. The highest BCUT2D eigenvalue weighted by molar-refractivity contribution is 9.08. The fourth-order valence-corrected chi connectivity index (χ4v) is 5.08. The van der Waals surface area contributed by atoms with Gasteiger partial charge in [-0.1, -0.05) is 97.0 Å². The van der Waals surface area contributed by atoms with Gasteiger partial charge in [-0.2, -0.15) is 0 Å². The molecule has 0 fully saturated rings. The van der Waals surface area contributed by atoms with Gasteiger partial charge in [0.05, 0.1) is 27.9 Å². The summed E-state index contributed by atoms with van der Waals surface area (Å²) in [5.74, 6) is 0.510. The maximum Gasteiger partial charge on any atom is 0.274 e. The van der Waals surface area contributed by atoms with Crippen molar-refractivity contribution >= 4 is 78.3 Å². The summed E-state index contributed by atoms with van der Waals surface area (Å²) in [4.78, 5) is 21.4. The number of carbonyl (C=O) groups is 1. The normalized spacial score (nSPS) is 10.8. The Morgan fingerprint density at radius 1 is 0.974 bits per heavy atom. The van der Waals surface area contributed by atoms with Gasteiger partial charge in [-0.25, -0.2) is 4.98 Å². The predicted octanol–water partition coefficient (Wildman–Crippen LogP) is 8.73. The van der Waals surface area contributed by atoms with Gasteiger partial charge < -0.3 is 14.8 Å². The second-order valence-corrected chi connectivity index (χ2v) is 10.2. The zero-order valence-corrected chi connectivity index (χ0v) is 25.3. The lowest BCUT2D eigenvalue weighted by Crippen LogP contribution is -2.14. The van der Waals surface area contributed by atoms with Gasteiger partial charge in [0.15, 0.2) is 0 Å². The molecular weight excluding hydrogens is 680 g/mol. The molecule has 0 aliphatic rings. The minimum Gasteiger partial charge on any atom is -0.486 e. The number of aromatic nitrogens is 2. The number of methoxy groups -OCH3 is 1. The van der Waals surface area contributed by atoms with E-state index in [2.05, 4.69) is 47.1 Å². The monoisotopic (exact) mass is 697 g/mol. The molecule has 4 aromatic rings. The van der Waals surface area contributed by atoms with Crippen LogP contribution in [-0.4, -0.2) is 23.0 Å². The number of amides is 1. The standard InChI is InChI=1S/C27H20Br2Cl3N3O3/c1-37-27-16(12-29)10-19(30)22(35-27)14-38-23-7-3-5-18(25(23)32)17-4-2-6-20(24(17)31)34-26(36)21-9-8-15(11-28)13-33-21/h2-10,13H,11-12,14H2,1H3,(H,34,36). The number of anilines is 1. The Hall–Kier alpha value is -2.36. The van der Waals surface area contributed by atoms with E-state index in [1.165, 1.54) is 0 Å². The van der Waals surface area contributed by atoms with E-state index in [4.69, 9.17) is 44.3 Å². The number of rotatable bonds is 9. The Labute approximate surface area is 251 Å². The van der Waals surface area contributed by atoms with Crippen molar-refractivity contribution in [2.24, 2.45) is 0 Å². The number of nitrogens with zero attached hydrogens (tertiary/aromatic N) is 2. The molecule has 0 unspecified atom stereocenters. The van der Waals surface area contributed by atoms with Gasteiger partial charge in [-0.3, -0.25) is 9.78 Å². The van der Waals surface area contributed by atoms with E-state index < -0.39 is 0 Å². The summed E-state index contributed by atoms with van der Waals surface area (Å²) in [5, 5.41) is 5.17. The van der Waals surface area contributed by atoms with Crippen molar-refractivity contribution in [1.29, 1.82) is 0 Å². The highest BCUT2D eigenvalue weighted by Gasteiger charge is 2.18. The number of hydrogen-bond acceptors (Lipinski definition) is 5. The van der Waals surface area contributed by atoms with E-state index >= 15 is 0 Å². The Morgan fingerprint density at radius 3 is 2.37 bits per heavy atom. The molecule has 0 saturated heterocycles. The number of ether oxygens (including phenoxy) is 2. The van der Waals surface area contributed by atoms with Crippen LogP contribution in [0.2, 0.25) is 15.1 Å². The summed E-state index contributed by atoms with van der Waals surface area (Å²) in [6.07, 6.45) is 1.64. The Morgan fingerprint density at radius 2 is 1.71 bits per heavy atom. The van der Waals surface area contributed by atoms with Gasteiger partial charge in [0, 0.05) is 33.5 Å². The third kappa shape index (κ3) is 6.43. The number of carbonyl (C=O) groups excluding carboxylic acids is 1. The average molecular weight is 701 g/mol. The van der Waals surface area contributed by atoms with Crippen LogP contribution in [0.3, 0.4) is 0 Å². The summed E-state index contributed by atoms with van der Waals surface area (Å²) < 4.78 is 11.3. The molecule has 38 heavy (non-hydrogen) atoms. The molecule has 1 N–H and O–H groups in total. The molecule has 0 atom stereocenters. The molecule has 0 bridgehead atoms. The van der Waals surface area contributed by atoms with Crippen LogP contribution in [0, 0.1) is 0 Å². The van der Waals surface area contributed by atoms with Crippen LogP contribution in [-0.2, 0) is 17.3 Å². The quantitative estimate of drug-likeness (QED) is 0.177. The van der Waals surface area contributed by atoms with Gasteiger partial charge in [-0.15, -0.1) is 0 Å². The van der Waals surface area contributed by atoms with Crippen LogP contribution < -0.4 is 14.8 Å². The van der Waals surface area contributed by atoms with Gasteiger partial charge in [0.1, 0.15) is 23.7 Å². The fourth-order valence-electron chi connectivity index (χ4n) is 3.56. The molecule has 6 nitrogen and oxygen atoms in total. The van der Waals surface area contributed by atoms with Crippen molar-refractivity contribution in [3.8, 4) is 22.8 Å². The van der Waals surface area contributed by atoms with E-state index in [0.717, 1.165) is 11.1 Å². The van der Waals surface area contributed by atoms with E-state index in [1.807, 2.05) is 18.2 Å². The van der Waals surface area contributed by atoms with Crippen LogP contribution in [0.15, 0.2) is 60.8 Å². The second-order valence-electron chi connectivity index (χ2n) is 7.93. The van der Waals surface area contributed by atoms with E-state index in [1.54, 1.807) is 49.7 Å². The van der Waals surface area contributed by atoms with Crippen molar-refractivity contribution in [1.82, 2.24) is 9.97 Å². The Balaban J connectivity index is 1.57. The zero-order chi connectivity index (χ0) is 27.2.